The van der Waals surface area contributed by atoms with Gasteiger partial charge in [-0.2, -0.15) is 0 Å². The molecule has 0 atom stereocenters. The van der Waals surface area contributed by atoms with Crippen molar-refractivity contribution in [2.45, 2.75) is 19.4 Å². The molecular formula is C19H22ClN3O2. The van der Waals surface area contributed by atoms with Crippen molar-refractivity contribution in [1.29, 1.82) is 0 Å². The second-order valence-corrected chi connectivity index (χ2v) is 6.10. The molecule has 0 aromatic heterocycles. The lowest BCUT2D eigenvalue weighted by Crippen LogP contribution is -2.30. The molecule has 5 nitrogen and oxygen atoms in total. The maximum Gasteiger partial charge on any atom is 0.251 e. The molecule has 0 heterocycles. The number of hydrogen-bond donors (Lipinski definition) is 3. The van der Waals surface area contributed by atoms with Crippen LogP contribution in [0.4, 0.5) is 0 Å². The molecule has 0 aliphatic heterocycles. The van der Waals surface area contributed by atoms with Crippen LogP contribution in [-0.4, -0.2) is 24.9 Å². The van der Waals surface area contributed by atoms with Crippen LogP contribution in [0.5, 0.6) is 0 Å². The highest BCUT2D eigenvalue weighted by molar-refractivity contribution is 6.30. The molecule has 4 N–H and O–H groups in total. The van der Waals surface area contributed by atoms with Gasteiger partial charge >= 0.3 is 0 Å². The highest BCUT2D eigenvalue weighted by Crippen LogP contribution is 2.09. The average Bonchev–Trinajstić information content (AvgIpc) is 2.63. The fourth-order valence-corrected chi connectivity index (χ4v) is 2.39. The van der Waals surface area contributed by atoms with Crippen molar-refractivity contribution >= 4 is 23.4 Å². The summed E-state index contributed by atoms with van der Waals surface area (Å²) >= 11 is 5.81. The predicted molar refractivity (Wildman–Crippen MR) is 99.4 cm³/mol. The summed E-state index contributed by atoms with van der Waals surface area (Å²) in [6.45, 7) is 1.47. The van der Waals surface area contributed by atoms with E-state index in [2.05, 4.69) is 10.6 Å². The minimum atomic E-state index is -0.129. The first-order valence-electron chi connectivity index (χ1n) is 8.17. The molecule has 2 amide bonds. The fourth-order valence-electron chi connectivity index (χ4n) is 2.26. The normalized spacial score (nSPS) is 10.3. The average molecular weight is 360 g/mol. The van der Waals surface area contributed by atoms with Gasteiger partial charge in [0.15, 0.2) is 0 Å². The Morgan fingerprint density at radius 3 is 2.12 bits per heavy atom. The number of benzene rings is 2. The van der Waals surface area contributed by atoms with E-state index in [9.17, 15) is 9.59 Å². The van der Waals surface area contributed by atoms with Crippen molar-refractivity contribution in [2.24, 2.45) is 5.73 Å². The molecule has 6 heteroatoms. The smallest absolute Gasteiger partial charge is 0.251 e. The van der Waals surface area contributed by atoms with Crippen LogP contribution in [0.1, 0.15) is 27.9 Å². The Kier molecular flexibility index (Phi) is 7.44. The van der Waals surface area contributed by atoms with E-state index in [0.717, 1.165) is 11.1 Å². The van der Waals surface area contributed by atoms with Gasteiger partial charge in [0.2, 0.25) is 5.91 Å². The Bertz CT molecular complexity index is 700. The minimum absolute atomic E-state index is 0.0500. The van der Waals surface area contributed by atoms with Crippen molar-refractivity contribution in [3.8, 4) is 0 Å². The summed E-state index contributed by atoms with van der Waals surface area (Å²) in [6.07, 6.45) is 0.982. The molecule has 0 unspecified atom stereocenters. The van der Waals surface area contributed by atoms with Crippen LogP contribution in [0.3, 0.4) is 0 Å². The van der Waals surface area contributed by atoms with Gasteiger partial charge in [0, 0.05) is 30.2 Å². The summed E-state index contributed by atoms with van der Waals surface area (Å²) in [5, 5.41) is 6.32. The molecule has 0 saturated heterocycles. The summed E-state index contributed by atoms with van der Waals surface area (Å²) in [5.41, 5.74) is 8.03. The summed E-state index contributed by atoms with van der Waals surface area (Å²) < 4.78 is 0. The Hall–Kier alpha value is -2.37. The lowest BCUT2D eigenvalue weighted by atomic mass is 10.1. The predicted octanol–water partition coefficient (Wildman–Crippen LogP) is 2.28. The number of carbonyl (C=O) groups is 2. The molecule has 0 spiro atoms. The van der Waals surface area contributed by atoms with Gasteiger partial charge in [-0.3, -0.25) is 9.59 Å². The quantitative estimate of drug-likeness (QED) is 0.632. The number of halogens is 1. The zero-order valence-corrected chi connectivity index (χ0v) is 14.7. The van der Waals surface area contributed by atoms with E-state index in [1.807, 2.05) is 24.3 Å². The molecule has 2 aromatic carbocycles. The molecule has 0 radical (unpaired) electrons. The molecule has 2 rings (SSSR count). The number of nitrogens with one attached hydrogen (secondary N) is 2. The van der Waals surface area contributed by atoms with Crippen LogP contribution in [0, 0.1) is 0 Å². The lowest BCUT2D eigenvalue weighted by molar-refractivity contribution is -0.120. The van der Waals surface area contributed by atoms with Crippen molar-refractivity contribution in [3.05, 3.63) is 70.2 Å². The Morgan fingerprint density at radius 1 is 0.880 bits per heavy atom. The molecule has 25 heavy (non-hydrogen) atoms. The summed E-state index contributed by atoms with van der Waals surface area (Å²) in [4.78, 5) is 23.8. The number of carbonyl (C=O) groups excluding carboxylic acids is 2. The zero-order chi connectivity index (χ0) is 18.1. The van der Waals surface area contributed by atoms with E-state index < -0.39 is 0 Å². The monoisotopic (exact) mass is 359 g/mol. The SMILES string of the molecule is NCc1ccc(C(=O)NCCCNC(=O)Cc2ccc(Cl)cc2)cc1. The first-order valence-corrected chi connectivity index (χ1v) is 8.54. The summed E-state index contributed by atoms with van der Waals surface area (Å²) in [5.74, 6) is -0.179. The van der Waals surface area contributed by atoms with E-state index in [1.165, 1.54) is 0 Å². The van der Waals surface area contributed by atoms with Gasteiger partial charge in [-0.25, -0.2) is 0 Å². The van der Waals surface area contributed by atoms with Crippen molar-refractivity contribution in [1.82, 2.24) is 10.6 Å². The van der Waals surface area contributed by atoms with Crippen LogP contribution in [0.2, 0.25) is 5.02 Å². The number of rotatable bonds is 8. The van der Waals surface area contributed by atoms with Gasteiger partial charge in [-0.05, 0) is 41.8 Å². The van der Waals surface area contributed by atoms with Crippen LogP contribution in [-0.2, 0) is 17.8 Å². The molecule has 0 bridgehead atoms. The standard InChI is InChI=1S/C19H22ClN3O2/c20-17-8-4-14(5-9-17)12-18(24)22-10-1-11-23-19(25)16-6-2-15(13-21)3-7-16/h2-9H,1,10-13,21H2,(H,22,24)(H,23,25). The third-order valence-electron chi connectivity index (χ3n) is 3.69. The van der Waals surface area contributed by atoms with E-state index >= 15 is 0 Å². The van der Waals surface area contributed by atoms with Crippen LogP contribution in [0.25, 0.3) is 0 Å². The van der Waals surface area contributed by atoms with Crippen LogP contribution >= 0.6 is 11.6 Å². The Morgan fingerprint density at radius 2 is 1.48 bits per heavy atom. The van der Waals surface area contributed by atoms with E-state index in [4.69, 9.17) is 17.3 Å². The summed E-state index contributed by atoms with van der Waals surface area (Å²) in [6, 6.07) is 14.4. The Balaban J connectivity index is 1.62. The van der Waals surface area contributed by atoms with Gasteiger partial charge < -0.3 is 16.4 Å². The van der Waals surface area contributed by atoms with Gasteiger partial charge in [0.25, 0.3) is 5.91 Å². The van der Waals surface area contributed by atoms with Crippen molar-refractivity contribution in [2.75, 3.05) is 13.1 Å². The molecule has 0 fully saturated rings. The molecule has 0 aliphatic carbocycles. The highest BCUT2D eigenvalue weighted by atomic mass is 35.5. The molecule has 2 aromatic rings. The number of amides is 2. The van der Waals surface area contributed by atoms with Gasteiger partial charge in [-0.15, -0.1) is 0 Å². The van der Waals surface area contributed by atoms with Crippen LogP contribution < -0.4 is 16.4 Å². The Labute approximate surface area is 152 Å². The molecule has 0 saturated carbocycles. The molecular weight excluding hydrogens is 338 g/mol. The van der Waals surface area contributed by atoms with Gasteiger partial charge in [0.05, 0.1) is 6.42 Å². The number of nitrogens with two attached hydrogens (primary N) is 1. The van der Waals surface area contributed by atoms with Crippen molar-refractivity contribution < 1.29 is 9.59 Å². The van der Waals surface area contributed by atoms with Crippen molar-refractivity contribution in [3.63, 3.8) is 0 Å². The molecule has 132 valence electrons. The van der Waals surface area contributed by atoms with Gasteiger partial charge in [-0.1, -0.05) is 35.9 Å². The fraction of sp³-hybridized carbons (Fsp3) is 0.263. The topological polar surface area (TPSA) is 84.2 Å². The second kappa shape index (κ2) is 9.81. The first-order chi connectivity index (χ1) is 12.1. The zero-order valence-electron chi connectivity index (χ0n) is 13.9. The van der Waals surface area contributed by atoms with E-state index in [-0.39, 0.29) is 11.8 Å². The third-order valence-corrected chi connectivity index (χ3v) is 3.94. The third kappa shape index (κ3) is 6.57. The van der Waals surface area contributed by atoms with E-state index in [1.54, 1.807) is 24.3 Å². The second-order valence-electron chi connectivity index (χ2n) is 5.66. The lowest BCUT2D eigenvalue weighted by Gasteiger charge is -2.07. The first kappa shape index (κ1) is 19.0. The largest absolute Gasteiger partial charge is 0.356 e. The van der Waals surface area contributed by atoms with Gasteiger partial charge in [0.1, 0.15) is 0 Å². The van der Waals surface area contributed by atoms with Crippen LogP contribution in [0.15, 0.2) is 48.5 Å². The highest BCUT2D eigenvalue weighted by Gasteiger charge is 2.05. The number of hydrogen-bond acceptors (Lipinski definition) is 3. The maximum atomic E-state index is 12.0. The maximum absolute atomic E-state index is 12.0. The molecule has 0 aliphatic rings. The minimum Gasteiger partial charge on any atom is -0.356 e. The van der Waals surface area contributed by atoms with E-state index in [0.29, 0.717) is 43.1 Å². The summed E-state index contributed by atoms with van der Waals surface area (Å²) in [7, 11) is 0.